The predicted octanol–water partition coefficient (Wildman–Crippen LogP) is -0.959. The third-order valence-corrected chi connectivity index (χ3v) is 6.85. The van der Waals surface area contributed by atoms with Crippen molar-refractivity contribution in [3.8, 4) is 0 Å². The van der Waals surface area contributed by atoms with Crippen LogP contribution in [0.25, 0.3) is 10.9 Å². The molecule has 2 aliphatic heterocycles. The van der Waals surface area contributed by atoms with E-state index in [9.17, 15) is 14.1 Å². The maximum absolute atomic E-state index is 12.9. The average molecular weight is 396 g/mol. The van der Waals surface area contributed by atoms with Crippen LogP contribution in [0.2, 0.25) is 0 Å². The Morgan fingerprint density at radius 2 is 2.04 bits per heavy atom. The summed E-state index contributed by atoms with van der Waals surface area (Å²) in [6, 6.07) is 2.24. The van der Waals surface area contributed by atoms with Gasteiger partial charge in [-0.05, 0) is 57.7 Å². The van der Waals surface area contributed by atoms with Crippen molar-refractivity contribution in [2.45, 2.75) is 69.5 Å². The molecule has 1 aromatic heterocycles. The minimum Gasteiger partial charge on any atom is -0.545 e. The van der Waals surface area contributed by atoms with E-state index in [4.69, 9.17) is 4.18 Å². The number of aromatic carboxylic acids is 1. The second-order valence-corrected chi connectivity index (χ2v) is 9.70. The second kappa shape index (κ2) is 7.30. The van der Waals surface area contributed by atoms with Crippen LogP contribution in [0.3, 0.4) is 0 Å². The minimum absolute atomic E-state index is 0. The van der Waals surface area contributed by atoms with E-state index < -0.39 is 22.7 Å². The molecule has 0 aliphatic carbocycles. The quantitative estimate of drug-likeness (QED) is 0.676. The number of hydrogen-bond donors (Lipinski definition) is 1. The third-order valence-electron chi connectivity index (χ3n) is 5.51. The fraction of sp³-hybridized carbons (Fsp3) is 0.550. The molecule has 2 aliphatic rings. The van der Waals surface area contributed by atoms with E-state index >= 15 is 0 Å². The molecule has 3 atom stereocenters. The number of carboxylic acid groups (broad SMARTS) is 1. The summed E-state index contributed by atoms with van der Waals surface area (Å²) in [4.78, 5) is 12.4. The summed E-state index contributed by atoms with van der Waals surface area (Å²) in [5.74, 6) is -1.31. The van der Waals surface area contributed by atoms with Gasteiger partial charge in [0.1, 0.15) is 0 Å². The fourth-order valence-corrected chi connectivity index (χ4v) is 5.77. The first-order valence-electron chi connectivity index (χ1n) is 9.32. The molecular formula is C20H25LiN2O4S. The number of carbonyl (C=O) groups is 1. The van der Waals surface area contributed by atoms with Crippen molar-refractivity contribution in [1.29, 1.82) is 0 Å². The fourth-order valence-electron chi connectivity index (χ4n) is 4.60. The summed E-state index contributed by atoms with van der Waals surface area (Å²) in [6.45, 7) is 7.31. The Morgan fingerprint density at radius 1 is 1.36 bits per heavy atom. The van der Waals surface area contributed by atoms with Crippen LogP contribution in [0.5, 0.6) is 0 Å². The molecule has 0 amide bonds. The summed E-state index contributed by atoms with van der Waals surface area (Å²) in [5, 5.41) is 16.4. The Labute approximate surface area is 179 Å². The molecule has 2 bridgehead atoms. The predicted molar refractivity (Wildman–Crippen MR) is 102 cm³/mol. The van der Waals surface area contributed by atoms with Crippen molar-refractivity contribution in [3.05, 3.63) is 28.5 Å². The topological polar surface area (TPSA) is 83.4 Å². The van der Waals surface area contributed by atoms with Gasteiger partial charge in [0.05, 0.1) is 22.0 Å². The first kappa shape index (κ1) is 21.6. The average Bonchev–Trinajstić information content (AvgIpc) is 3.06. The molecule has 8 heteroatoms. The van der Waals surface area contributed by atoms with Gasteiger partial charge in [-0.15, -0.1) is 0 Å². The van der Waals surface area contributed by atoms with Crippen molar-refractivity contribution >= 4 is 28.0 Å². The van der Waals surface area contributed by atoms with Crippen LogP contribution in [0, 0.1) is 6.92 Å². The normalized spacial score (nSPS) is 22.0. The maximum Gasteiger partial charge on any atom is 1.00 e. The van der Waals surface area contributed by atoms with Gasteiger partial charge in [-0.3, -0.25) is 4.18 Å². The zero-order chi connectivity index (χ0) is 19.7. The molecule has 146 valence electrons. The van der Waals surface area contributed by atoms with Gasteiger partial charge in [0.2, 0.25) is 0 Å². The zero-order valence-electron chi connectivity index (χ0n) is 17.3. The Balaban J connectivity index is 0.00000225. The van der Waals surface area contributed by atoms with E-state index in [1.165, 1.54) is 5.69 Å². The molecule has 4 rings (SSSR count). The summed E-state index contributed by atoms with van der Waals surface area (Å²) in [5.41, 5.74) is 3.31. The first-order valence-corrected chi connectivity index (χ1v) is 10.4. The van der Waals surface area contributed by atoms with E-state index in [2.05, 4.69) is 9.88 Å². The van der Waals surface area contributed by atoms with Crippen molar-refractivity contribution in [3.63, 3.8) is 0 Å². The monoisotopic (exact) mass is 396 g/mol. The van der Waals surface area contributed by atoms with Gasteiger partial charge in [0, 0.05) is 42.2 Å². The molecular weight excluding hydrogens is 371 g/mol. The van der Waals surface area contributed by atoms with Crippen LogP contribution in [0.4, 0.5) is 0 Å². The SMILES string of the molecule is Cc1cc(S(=O)OC(C)(C)C)c(C(=O)[O-])c2c3c(n(C)c12)CC1CCC3N1.[Li+]. The van der Waals surface area contributed by atoms with Crippen molar-refractivity contribution in [1.82, 2.24) is 9.88 Å². The van der Waals surface area contributed by atoms with Crippen LogP contribution in [0.1, 0.15) is 66.8 Å². The number of carboxylic acids is 1. The molecule has 6 nitrogen and oxygen atoms in total. The van der Waals surface area contributed by atoms with Crippen molar-refractivity contribution in [2.24, 2.45) is 7.05 Å². The van der Waals surface area contributed by atoms with Crippen LogP contribution >= 0.6 is 0 Å². The molecule has 0 radical (unpaired) electrons. The van der Waals surface area contributed by atoms with E-state index in [1.807, 2.05) is 14.0 Å². The number of hydrogen-bond acceptors (Lipinski definition) is 5. The molecule has 3 unspecified atom stereocenters. The molecule has 0 saturated carbocycles. The van der Waals surface area contributed by atoms with Gasteiger partial charge < -0.3 is 19.8 Å². The van der Waals surface area contributed by atoms with E-state index in [0.29, 0.717) is 11.4 Å². The van der Waals surface area contributed by atoms with E-state index in [1.54, 1.807) is 26.8 Å². The molecule has 1 fully saturated rings. The zero-order valence-corrected chi connectivity index (χ0v) is 18.2. The number of fused-ring (bicyclic) bond motifs is 6. The molecule has 2 aromatic rings. The van der Waals surface area contributed by atoms with E-state index in [-0.39, 0.29) is 35.4 Å². The Hall–Kier alpha value is -1.10. The summed E-state index contributed by atoms with van der Waals surface area (Å²) in [6.07, 6.45) is 2.94. The van der Waals surface area contributed by atoms with Gasteiger partial charge >= 0.3 is 18.9 Å². The van der Waals surface area contributed by atoms with Gasteiger partial charge in [0.25, 0.3) is 0 Å². The van der Waals surface area contributed by atoms with Crippen LogP contribution in [-0.4, -0.2) is 26.4 Å². The molecule has 1 aromatic carbocycles. The summed E-state index contributed by atoms with van der Waals surface area (Å²) < 4.78 is 20.6. The number of rotatable bonds is 3. The van der Waals surface area contributed by atoms with Gasteiger partial charge in [0.15, 0.2) is 11.1 Å². The van der Waals surface area contributed by atoms with Gasteiger partial charge in [-0.25, -0.2) is 4.21 Å². The Bertz CT molecular complexity index is 993. The number of nitrogens with one attached hydrogen (secondary N) is 1. The van der Waals surface area contributed by atoms with Crippen LogP contribution in [0.15, 0.2) is 11.0 Å². The number of aryl methyl sites for hydroxylation is 2. The largest absolute Gasteiger partial charge is 1.00 e. The van der Waals surface area contributed by atoms with Gasteiger partial charge in [-0.1, -0.05) is 0 Å². The number of aromatic nitrogens is 1. The van der Waals surface area contributed by atoms with Crippen molar-refractivity contribution in [2.75, 3.05) is 0 Å². The smallest absolute Gasteiger partial charge is 0.545 e. The van der Waals surface area contributed by atoms with E-state index in [0.717, 1.165) is 35.9 Å². The second-order valence-electron chi connectivity index (χ2n) is 8.63. The standard InChI is InChI=1S/C20H26N2O4S.Li/c1-10-8-14(27(25)26-20(2,3)4)16(19(23)24)17-15-12-7-6-11(21-12)9-13(15)22(5)18(10)17;/h8,11-12,21H,6-7,9H2,1-5H3,(H,23,24);/q;+1/p-1. The Kier molecular flexibility index (Phi) is 5.63. The number of benzene rings is 1. The summed E-state index contributed by atoms with van der Waals surface area (Å²) in [7, 11) is 1.99. The summed E-state index contributed by atoms with van der Waals surface area (Å²) >= 11 is -1.90. The molecule has 1 N–H and O–H groups in total. The third kappa shape index (κ3) is 3.38. The van der Waals surface area contributed by atoms with Crippen LogP contribution < -0.4 is 29.3 Å². The molecule has 1 saturated heterocycles. The van der Waals surface area contributed by atoms with Crippen LogP contribution in [-0.2, 0) is 28.7 Å². The minimum atomic E-state index is -1.90. The maximum atomic E-state index is 12.9. The van der Waals surface area contributed by atoms with Crippen molar-refractivity contribution < 1.29 is 37.2 Å². The molecule has 28 heavy (non-hydrogen) atoms. The Morgan fingerprint density at radius 3 is 2.64 bits per heavy atom. The van der Waals surface area contributed by atoms with Gasteiger partial charge in [-0.2, -0.15) is 0 Å². The molecule has 0 spiro atoms. The number of nitrogens with zero attached hydrogens (tertiary/aromatic N) is 1. The number of carbonyl (C=O) groups excluding carboxylic acids is 1. The molecule has 3 heterocycles. The first-order chi connectivity index (χ1) is 12.6.